The number of aliphatic hydroxyl groups excluding tert-OH is 1. The van der Waals surface area contributed by atoms with Gasteiger partial charge in [-0.2, -0.15) is 0 Å². The number of aliphatic hydroxyl groups is 1. The lowest BCUT2D eigenvalue weighted by molar-refractivity contribution is 0.204. The van der Waals surface area contributed by atoms with Crippen molar-refractivity contribution < 1.29 is 9.90 Å². The molecule has 1 aromatic heterocycles. The highest BCUT2D eigenvalue weighted by molar-refractivity contribution is 5.89. The summed E-state index contributed by atoms with van der Waals surface area (Å²) in [6.07, 6.45) is 5.45. The van der Waals surface area contributed by atoms with Gasteiger partial charge >= 0.3 is 6.03 Å². The van der Waals surface area contributed by atoms with E-state index in [1.807, 2.05) is 17.9 Å². The van der Waals surface area contributed by atoms with Crippen LogP contribution in [0.15, 0.2) is 18.3 Å². The number of rotatable bonds is 6. The highest BCUT2D eigenvalue weighted by Crippen LogP contribution is 2.27. The number of nitrogens with one attached hydrogen (secondary N) is 1. The Kier molecular flexibility index (Phi) is 4.74. The molecule has 0 unspecified atom stereocenters. The number of pyridine rings is 1. The van der Waals surface area contributed by atoms with Crippen LogP contribution < -0.4 is 5.32 Å². The zero-order valence-electron chi connectivity index (χ0n) is 11.3. The number of urea groups is 1. The minimum Gasteiger partial charge on any atom is -0.396 e. The monoisotopic (exact) mass is 263 g/mol. The summed E-state index contributed by atoms with van der Waals surface area (Å²) in [4.78, 5) is 18.2. The highest BCUT2D eigenvalue weighted by Gasteiger charge is 2.32. The molecule has 1 saturated carbocycles. The van der Waals surface area contributed by atoms with E-state index in [4.69, 9.17) is 5.11 Å². The Balaban J connectivity index is 1.91. The van der Waals surface area contributed by atoms with E-state index in [1.54, 1.807) is 12.3 Å². The zero-order chi connectivity index (χ0) is 13.7. The molecular formula is C14H21N3O2. The molecule has 19 heavy (non-hydrogen) atoms. The molecule has 0 bridgehead atoms. The second kappa shape index (κ2) is 6.52. The molecular weight excluding hydrogens is 242 g/mol. The Morgan fingerprint density at radius 1 is 1.53 bits per heavy atom. The summed E-state index contributed by atoms with van der Waals surface area (Å²) in [7, 11) is 0. The van der Waals surface area contributed by atoms with Crippen LogP contribution in [-0.2, 0) is 0 Å². The molecule has 2 rings (SSSR count). The summed E-state index contributed by atoms with van der Waals surface area (Å²) < 4.78 is 0. The molecule has 1 fully saturated rings. The van der Waals surface area contributed by atoms with Crippen LogP contribution in [0.4, 0.5) is 10.5 Å². The number of nitrogens with zero attached hydrogens (tertiary/aromatic N) is 2. The Bertz CT molecular complexity index is 432. The molecule has 0 radical (unpaired) electrons. The molecule has 1 heterocycles. The van der Waals surface area contributed by atoms with Gasteiger partial charge in [-0.3, -0.25) is 4.98 Å². The van der Waals surface area contributed by atoms with Gasteiger partial charge < -0.3 is 15.3 Å². The van der Waals surface area contributed by atoms with Gasteiger partial charge in [0.25, 0.3) is 0 Å². The maximum absolute atomic E-state index is 12.2. The summed E-state index contributed by atoms with van der Waals surface area (Å²) in [6, 6.07) is 3.98. The number of anilines is 1. The first-order chi connectivity index (χ1) is 9.20. The lowest BCUT2D eigenvalue weighted by atomic mass is 10.3. The van der Waals surface area contributed by atoms with Crippen molar-refractivity contribution in [2.45, 2.75) is 38.6 Å². The minimum atomic E-state index is -0.0500. The number of unbranched alkanes of at least 4 members (excludes halogenated alkanes) is 1. The second-order valence-electron chi connectivity index (χ2n) is 4.97. The number of amides is 2. The van der Waals surface area contributed by atoms with Crippen molar-refractivity contribution in [3.8, 4) is 0 Å². The molecule has 0 aliphatic heterocycles. The standard InChI is InChI=1S/C14H21N3O2/c1-11-10-12(6-7-15-11)16-14(19)17(13-4-5-13)8-2-3-9-18/h6-7,10,13,18H,2-5,8-9H2,1H3,(H,15,16,19). The van der Waals surface area contributed by atoms with Crippen LogP contribution in [-0.4, -0.2) is 40.2 Å². The van der Waals surface area contributed by atoms with E-state index in [0.717, 1.165) is 37.1 Å². The van der Waals surface area contributed by atoms with Gasteiger partial charge in [-0.15, -0.1) is 0 Å². The summed E-state index contributed by atoms with van der Waals surface area (Å²) in [5.41, 5.74) is 1.67. The zero-order valence-corrected chi connectivity index (χ0v) is 11.3. The van der Waals surface area contributed by atoms with Crippen LogP contribution in [0.2, 0.25) is 0 Å². The maximum atomic E-state index is 12.2. The van der Waals surface area contributed by atoms with Gasteiger partial charge in [0.05, 0.1) is 0 Å². The smallest absolute Gasteiger partial charge is 0.322 e. The molecule has 1 aliphatic rings. The molecule has 2 N–H and O–H groups in total. The lowest BCUT2D eigenvalue weighted by Crippen LogP contribution is -2.37. The predicted molar refractivity (Wildman–Crippen MR) is 74.0 cm³/mol. The van der Waals surface area contributed by atoms with E-state index in [9.17, 15) is 4.79 Å². The maximum Gasteiger partial charge on any atom is 0.322 e. The fourth-order valence-electron chi connectivity index (χ4n) is 2.05. The number of carbonyl (C=O) groups excluding carboxylic acids is 1. The second-order valence-corrected chi connectivity index (χ2v) is 4.97. The predicted octanol–water partition coefficient (Wildman–Crippen LogP) is 2.16. The third-order valence-corrected chi connectivity index (χ3v) is 3.20. The molecule has 0 aromatic carbocycles. The summed E-state index contributed by atoms with van der Waals surface area (Å²) in [5, 5.41) is 11.7. The molecule has 104 valence electrons. The van der Waals surface area contributed by atoms with Crippen LogP contribution in [0.3, 0.4) is 0 Å². The molecule has 5 heteroatoms. The number of hydrogen-bond acceptors (Lipinski definition) is 3. The van der Waals surface area contributed by atoms with Gasteiger partial charge in [-0.25, -0.2) is 4.79 Å². The average Bonchev–Trinajstić information content (AvgIpc) is 3.19. The van der Waals surface area contributed by atoms with E-state index in [0.29, 0.717) is 12.6 Å². The fraction of sp³-hybridized carbons (Fsp3) is 0.571. The van der Waals surface area contributed by atoms with Crippen molar-refractivity contribution in [3.63, 3.8) is 0 Å². The minimum absolute atomic E-state index is 0.0500. The van der Waals surface area contributed by atoms with Gasteiger partial charge in [0.2, 0.25) is 0 Å². The molecule has 0 atom stereocenters. The molecule has 5 nitrogen and oxygen atoms in total. The molecule has 0 saturated heterocycles. The molecule has 1 aliphatic carbocycles. The number of aromatic nitrogens is 1. The third kappa shape index (κ3) is 4.21. The Morgan fingerprint density at radius 3 is 2.95 bits per heavy atom. The van der Waals surface area contributed by atoms with Gasteiger partial charge in [-0.1, -0.05) is 0 Å². The first kappa shape index (κ1) is 13.8. The Labute approximate surface area is 113 Å². The largest absolute Gasteiger partial charge is 0.396 e. The Morgan fingerprint density at radius 2 is 2.32 bits per heavy atom. The van der Waals surface area contributed by atoms with E-state index in [2.05, 4.69) is 10.3 Å². The van der Waals surface area contributed by atoms with Crippen LogP contribution in [0.1, 0.15) is 31.4 Å². The normalized spacial score (nSPS) is 14.2. The van der Waals surface area contributed by atoms with Crippen molar-refractivity contribution in [1.29, 1.82) is 0 Å². The van der Waals surface area contributed by atoms with Crippen molar-refractivity contribution in [2.75, 3.05) is 18.5 Å². The lowest BCUT2D eigenvalue weighted by Gasteiger charge is -2.22. The molecule has 1 aromatic rings. The van der Waals surface area contributed by atoms with E-state index < -0.39 is 0 Å². The number of aryl methyl sites for hydroxylation is 1. The molecule has 0 spiro atoms. The van der Waals surface area contributed by atoms with Crippen LogP contribution in [0.25, 0.3) is 0 Å². The topological polar surface area (TPSA) is 65.5 Å². The number of hydrogen-bond donors (Lipinski definition) is 2. The summed E-state index contributed by atoms with van der Waals surface area (Å²) in [6.45, 7) is 2.79. The van der Waals surface area contributed by atoms with E-state index in [-0.39, 0.29) is 12.6 Å². The first-order valence-corrected chi connectivity index (χ1v) is 6.82. The summed E-state index contributed by atoms with van der Waals surface area (Å²) >= 11 is 0. The number of carbonyl (C=O) groups is 1. The van der Waals surface area contributed by atoms with Crippen molar-refractivity contribution in [2.24, 2.45) is 0 Å². The fourth-order valence-corrected chi connectivity index (χ4v) is 2.05. The first-order valence-electron chi connectivity index (χ1n) is 6.82. The van der Waals surface area contributed by atoms with Crippen molar-refractivity contribution >= 4 is 11.7 Å². The SMILES string of the molecule is Cc1cc(NC(=O)N(CCCCO)C2CC2)ccn1. The quantitative estimate of drug-likeness (QED) is 0.773. The van der Waals surface area contributed by atoms with E-state index >= 15 is 0 Å². The van der Waals surface area contributed by atoms with Gasteiger partial charge in [0.15, 0.2) is 0 Å². The molecule has 2 amide bonds. The van der Waals surface area contributed by atoms with Gasteiger partial charge in [0, 0.05) is 36.8 Å². The average molecular weight is 263 g/mol. The van der Waals surface area contributed by atoms with Crippen LogP contribution in [0.5, 0.6) is 0 Å². The third-order valence-electron chi connectivity index (χ3n) is 3.20. The van der Waals surface area contributed by atoms with Gasteiger partial charge in [0.1, 0.15) is 0 Å². The summed E-state index contributed by atoms with van der Waals surface area (Å²) in [5.74, 6) is 0. The highest BCUT2D eigenvalue weighted by atomic mass is 16.3. The van der Waals surface area contributed by atoms with E-state index in [1.165, 1.54) is 0 Å². The van der Waals surface area contributed by atoms with Crippen molar-refractivity contribution in [3.05, 3.63) is 24.0 Å². The van der Waals surface area contributed by atoms with Crippen molar-refractivity contribution in [1.82, 2.24) is 9.88 Å². The van der Waals surface area contributed by atoms with Crippen LogP contribution >= 0.6 is 0 Å². The van der Waals surface area contributed by atoms with Gasteiger partial charge in [-0.05, 0) is 44.7 Å². The van der Waals surface area contributed by atoms with Crippen LogP contribution in [0, 0.1) is 6.92 Å². The Hall–Kier alpha value is -1.62.